The molecule has 0 spiro atoms. The molecule has 4 aromatic heterocycles. The molecule has 0 radical (unpaired) electrons. The minimum absolute atomic E-state index is 0.0457. The molecule has 5 nitrogen and oxygen atoms in total. The number of thioether (sulfide) groups is 2. The molecule has 0 unspecified atom stereocenters. The topological polar surface area (TPSA) is 43.9 Å². The van der Waals surface area contributed by atoms with Crippen LogP contribution in [0.2, 0.25) is 0 Å². The van der Waals surface area contributed by atoms with Gasteiger partial charge in [-0.3, -0.25) is 19.4 Å². The number of carbonyl (C=O) groups excluding carboxylic acids is 2. The summed E-state index contributed by atoms with van der Waals surface area (Å²) in [5.74, 6) is -0.0913. The molecule has 0 bridgehead atoms. The van der Waals surface area contributed by atoms with E-state index in [0.29, 0.717) is 18.5 Å². The summed E-state index contributed by atoms with van der Waals surface area (Å²) in [6.07, 6.45) is 3.88. The third-order valence-corrected chi connectivity index (χ3v) is 17.3. The average Bonchev–Trinajstić information content (AvgIpc) is 4.11. The quantitative estimate of drug-likeness (QED) is 0.106. The SMILES string of the molecule is Cc1ccc(N(c2ccc(-c3ccc(-c4ccc(/C=C5\SC(=S)N(C)C5=O)s4)s3)cc2)c2ccc(-c3ccc(-c4ccc(/C=C5/SC(=S)N(C)C5=O)s4)s3)cc2)cc1. The summed E-state index contributed by atoms with van der Waals surface area (Å²) in [6.45, 7) is 2.11. The first-order valence-corrected chi connectivity index (χ1v) is 23.7. The van der Waals surface area contributed by atoms with Gasteiger partial charge >= 0.3 is 0 Å². The lowest BCUT2D eigenvalue weighted by Gasteiger charge is -2.26. The van der Waals surface area contributed by atoms with Crippen LogP contribution in [0.15, 0.2) is 131 Å². The second-order valence-electron chi connectivity index (χ2n) is 13.5. The molecule has 0 aliphatic carbocycles. The summed E-state index contributed by atoms with van der Waals surface area (Å²) >= 11 is 20.2. The van der Waals surface area contributed by atoms with E-state index in [9.17, 15) is 9.59 Å². The second kappa shape index (κ2) is 16.3. The van der Waals surface area contributed by atoms with Crippen molar-refractivity contribution >= 4 is 143 Å². The number of thiophene rings is 4. The Balaban J connectivity index is 0.931. The smallest absolute Gasteiger partial charge is 0.265 e. The number of anilines is 3. The van der Waals surface area contributed by atoms with Crippen molar-refractivity contribution < 1.29 is 9.59 Å². The van der Waals surface area contributed by atoms with Gasteiger partial charge in [-0.05, 0) is 115 Å². The molecule has 2 aliphatic rings. The number of aryl methyl sites for hydroxylation is 1. The predicted octanol–water partition coefficient (Wildman–Crippen LogP) is 14.0. The maximum Gasteiger partial charge on any atom is 0.265 e. The maximum atomic E-state index is 12.5. The number of rotatable bonds is 9. The lowest BCUT2D eigenvalue weighted by atomic mass is 10.1. The van der Waals surface area contributed by atoms with Gasteiger partial charge in [-0.1, -0.05) is 89.9 Å². The summed E-state index contributed by atoms with van der Waals surface area (Å²) in [4.78, 5) is 40.9. The highest BCUT2D eigenvalue weighted by molar-refractivity contribution is 8.27. The van der Waals surface area contributed by atoms with Crippen LogP contribution in [0.3, 0.4) is 0 Å². The maximum absolute atomic E-state index is 12.5. The zero-order chi connectivity index (χ0) is 40.1. The van der Waals surface area contributed by atoms with Gasteiger partial charge in [-0.15, -0.1) is 45.3 Å². The van der Waals surface area contributed by atoms with Crippen LogP contribution in [0.5, 0.6) is 0 Å². The van der Waals surface area contributed by atoms with Crippen molar-refractivity contribution in [1.29, 1.82) is 0 Å². The zero-order valence-electron chi connectivity index (χ0n) is 31.1. The van der Waals surface area contributed by atoms with Crippen LogP contribution in [-0.2, 0) is 9.59 Å². The first kappa shape index (κ1) is 39.0. The number of hydrogen-bond donors (Lipinski definition) is 0. The highest BCUT2D eigenvalue weighted by Gasteiger charge is 2.30. The lowest BCUT2D eigenvalue weighted by molar-refractivity contribution is -0.122. The van der Waals surface area contributed by atoms with Crippen molar-refractivity contribution in [3.63, 3.8) is 0 Å². The van der Waals surface area contributed by atoms with E-state index in [2.05, 4.69) is 133 Å². The largest absolute Gasteiger partial charge is 0.311 e. The van der Waals surface area contributed by atoms with Gasteiger partial charge in [0.15, 0.2) is 0 Å². The van der Waals surface area contributed by atoms with Crippen molar-refractivity contribution in [1.82, 2.24) is 9.80 Å². The van der Waals surface area contributed by atoms with Gasteiger partial charge in [0.1, 0.15) is 8.64 Å². The molecule has 0 saturated carbocycles. The summed E-state index contributed by atoms with van der Waals surface area (Å²) < 4.78 is 1.17. The Bertz CT molecular complexity index is 2630. The molecule has 2 amide bonds. The summed E-state index contributed by atoms with van der Waals surface area (Å²) in [5.41, 5.74) is 6.77. The molecular formula is C45H31N3O2S8. The summed E-state index contributed by atoms with van der Waals surface area (Å²) in [6, 6.07) is 43.3. The minimum atomic E-state index is -0.0457. The number of benzene rings is 3. The fourth-order valence-electron chi connectivity index (χ4n) is 6.42. The van der Waals surface area contributed by atoms with Crippen LogP contribution in [0.4, 0.5) is 17.1 Å². The van der Waals surface area contributed by atoms with Crippen LogP contribution in [0, 0.1) is 6.92 Å². The van der Waals surface area contributed by atoms with Crippen molar-refractivity contribution in [3.8, 4) is 40.4 Å². The fraction of sp³-hybridized carbons (Fsp3) is 0.0667. The fourth-order valence-corrected chi connectivity index (χ4v) is 13.0. The van der Waals surface area contributed by atoms with Crippen LogP contribution >= 0.6 is 93.3 Å². The van der Waals surface area contributed by atoms with Gasteiger partial charge in [-0.25, -0.2) is 0 Å². The molecule has 58 heavy (non-hydrogen) atoms. The Morgan fingerprint density at radius 3 is 1.19 bits per heavy atom. The van der Waals surface area contributed by atoms with Gasteiger partial charge in [0, 0.05) is 70.2 Å². The first-order chi connectivity index (χ1) is 28.1. The number of thiocarbonyl (C=S) groups is 2. The van der Waals surface area contributed by atoms with Crippen molar-refractivity contribution in [2.75, 3.05) is 19.0 Å². The molecule has 7 aromatic rings. The highest BCUT2D eigenvalue weighted by atomic mass is 32.2. The van der Waals surface area contributed by atoms with Gasteiger partial charge in [0.25, 0.3) is 11.8 Å². The summed E-state index contributed by atoms with van der Waals surface area (Å²) in [5, 5.41) is 0. The molecule has 0 atom stereocenters. The third kappa shape index (κ3) is 7.85. The second-order valence-corrected chi connectivity index (χ2v) is 21.2. The van der Waals surface area contributed by atoms with Crippen molar-refractivity contribution in [2.45, 2.75) is 6.92 Å². The lowest BCUT2D eigenvalue weighted by Crippen LogP contribution is -2.22. The first-order valence-electron chi connectivity index (χ1n) is 18.0. The van der Waals surface area contributed by atoms with Crippen LogP contribution in [0.25, 0.3) is 52.5 Å². The molecule has 2 fully saturated rings. The molecule has 9 rings (SSSR count). The monoisotopic (exact) mass is 901 g/mol. The predicted molar refractivity (Wildman–Crippen MR) is 261 cm³/mol. The molecule has 6 heterocycles. The van der Waals surface area contributed by atoms with Crippen LogP contribution < -0.4 is 4.90 Å². The Hall–Kier alpha value is -4.44. The molecular weight excluding hydrogens is 871 g/mol. The normalized spacial score (nSPS) is 15.8. The molecule has 2 aliphatic heterocycles. The van der Waals surface area contributed by atoms with Gasteiger partial charge in [0.05, 0.1) is 9.81 Å². The molecule has 0 N–H and O–H groups in total. The van der Waals surface area contributed by atoms with E-state index < -0.39 is 0 Å². The molecule has 2 saturated heterocycles. The molecule has 286 valence electrons. The van der Waals surface area contributed by atoms with Crippen molar-refractivity contribution in [3.05, 3.63) is 146 Å². The van der Waals surface area contributed by atoms with Gasteiger partial charge in [0.2, 0.25) is 0 Å². The van der Waals surface area contributed by atoms with Gasteiger partial charge < -0.3 is 4.90 Å². The minimum Gasteiger partial charge on any atom is -0.311 e. The zero-order valence-corrected chi connectivity index (χ0v) is 37.7. The Kier molecular flexibility index (Phi) is 11.0. The number of likely N-dealkylation sites (N-methyl/N-ethyl adjacent to an activating group) is 2. The number of carbonyl (C=O) groups is 2. The third-order valence-electron chi connectivity index (χ3n) is 9.58. The van der Waals surface area contributed by atoms with E-state index >= 15 is 0 Å². The van der Waals surface area contributed by atoms with Crippen molar-refractivity contribution in [2.24, 2.45) is 0 Å². The van der Waals surface area contributed by atoms with Crippen LogP contribution in [0.1, 0.15) is 15.3 Å². The van der Waals surface area contributed by atoms with Gasteiger partial charge in [-0.2, -0.15) is 0 Å². The molecule has 3 aromatic carbocycles. The number of nitrogens with zero attached hydrogens (tertiary/aromatic N) is 3. The van der Waals surface area contributed by atoms with Crippen LogP contribution in [-0.4, -0.2) is 44.4 Å². The van der Waals surface area contributed by atoms with E-state index in [1.807, 2.05) is 12.2 Å². The Morgan fingerprint density at radius 2 is 0.810 bits per heavy atom. The Morgan fingerprint density at radius 1 is 0.466 bits per heavy atom. The standard InChI is InChI=1S/C45H31N3O2S8/c1-26-4-10-29(11-5-26)48(30-12-6-27(7-13-30)34-20-22-38(55-34)36-18-16-32(53-36)24-40-42(49)46(2)44(51)57-40)31-14-8-28(9-15-31)35-21-23-39(56-35)37-19-17-33(54-37)25-41-43(50)47(3)45(52)58-41/h4-25H,1-3H3/b40-24-,41-25+. The van der Waals surface area contributed by atoms with E-state index in [1.54, 1.807) is 59.4 Å². The van der Waals surface area contributed by atoms with E-state index in [4.69, 9.17) is 24.4 Å². The average molecular weight is 902 g/mol. The number of hydrogen-bond acceptors (Lipinski definition) is 11. The number of amides is 2. The molecule has 13 heteroatoms. The Labute approximate surface area is 372 Å². The van der Waals surface area contributed by atoms with E-state index in [-0.39, 0.29) is 11.8 Å². The van der Waals surface area contributed by atoms with E-state index in [1.165, 1.54) is 68.1 Å². The highest BCUT2D eigenvalue weighted by Crippen LogP contribution is 2.43. The summed E-state index contributed by atoms with van der Waals surface area (Å²) in [7, 11) is 3.44. The van der Waals surface area contributed by atoms with E-state index in [0.717, 1.165) is 37.9 Å².